The summed E-state index contributed by atoms with van der Waals surface area (Å²) in [5.41, 5.74) is 1.07. The Hall–Kier alpha value is -2.72. The molecule has 0 bridgehead atoms. The van der Waals surface area contributed by atoms with Crippen LogP contribution in [0.5, 0.6) is 0 Å². The van der Waals surface area contributed by atoms with Gasteiger partial charge in [0, 0.05) is 11.7 Å². The van der Waals surface area contributed by atoms with E-state index in [9.17, 15) is 17.6 Å². The van der Waals surface area contributed by atoms with Crippen molar-refractivity contribution in [2.75, 3.05) is 22.2 Å². The fourth-order valence-corrected chi connectivity index (χ4v) is 6.75. The van der Waals surface area contributed by atoms with Crippen molar-refractivity contribution in [3.63, 3.8) is 0 Å². The molecule has 0 spiro atoms. The first-order valence-electron chi connectivity index (χ1n) is 10.8. The van der Waals surface area contributed by atoms with Crippen LogP contribution in [-0.2, 0) is 14.6 Å². The number of carbonyl (C=O) groups is 1. The van der Waals surface area contributed by atoms with Gasteiger partial charge in [-0.3, -0.25) is 9.36 Å². The van der Waals surface area contributed by atoms with Gasteiger partial charge in [-0.15, -0.1) is 10.2 Å². The fourth-order valence-electron chi connectivity index (χ4n) is 4.19. The molecule has 1 atom stereocenters. The minimum absolute atomic E-state index is 0.0337. The van der Waals surface area contributed by atoms with E-state index in [1.807, 2.05) is 34.9 Å². The summed E-state index contributed by atoms with van der Waals surface area (Å²) in [6.07, 6.45) is 2.33. The second-order valence-corrected chi connectivity index (χ2v) is 11.5. The quantitative estimate of drug-likeness (QED) is 0.473. The summed E-state index contributed by atoms with van der Waals surface area (Å²) >= 11 is 1.25. The number of hydrogen-bond acceptors (Lipinski definition) is 6. The second-order valence-electron chi connectivity index (χ2n) is 8.33. The molecule has 1 amide bonds. The zero-order valence-electron chi connectivity index (χ0n) is 17.8. The van der Waals surface area contributed by atoms with Gasteiger partial charge in [0.25, 0.3) is 0 Å². The number of rotatable bonds is 7. The molecule has 1 aliphatic carbocycles. The van der Waals surface area contributed by atoms with Crippen LogP contribution in [0.1, 0.15) is 25.3 Å². The lowest BCUT2D eigenvalue weighted by Crippen LogP contribution is -2.42. The molecule has 33 heavy (non-hydrogen) atoms. The molecular weight excluding hydrogens is 463 g/mol. The highest BCUT2D eigenvalue weighted by atomic mass is 32.2. The van der Waals surface area contributed by atoms with Gasteiger partial charge in [0.15, 0.2) is 20.8 Å². The monoisotopic (exact) mass is 486 g/mol. The Morgan fingerprint density at radius 3 is 2.45 bits per heavy atom. The van der Waals surface area contributed by atoms with Crippen molar-refractivity contribution >= 4 is 33.2 Å². The second kappa shape index (κ2) is 8.90. The summed E-state index contributed by atoms with van der Waals surface area (Å²) in [6, 6.07) is 15.4. The van der Waals surface area contributed by atoms with Crippen molar-refractivity contribution in [1.29, 1.82) is 0 Å². The molecule has 2 heterocycles. The van der Waals surface area contributed by atoms with Crippen LogP contribution in [0.15, 0.2) is 59.8 Å². The molecule has 0 N–H and O–H groups in total. The molecule has 2 aliphatic rings. The van der Waals surface area contributed by atoms with E-state index in [0.29, 0.717) is 28.7 Å². The third kappa shape index (κ3) is 4.67. The van der Waals surface area contributed by atoms with E-state index in [4.69, 9.17) is 0 Å². The van der Waals surface area contributed by atoms with E-state index < -0.39 is 9.84 Å². The van der Waals surface area contributed by atoms with E-state index >= 15 is 0 Å². The Morgan fingerprint density at radius 2 is 1.79 bits per heavy atom. The van der Waals surface area contributed by atoms with Crippen molar-refractivity contribution in [3.8, 4) is 11.4 Å². The molecule has 10 heteroatoms. The molecule has 2 fully saturated rings. The zero-order valence-corrected chi connectivity index (χ0v) is 19.4. The number of sulfone groups is 1. The van der Waals surface area contributed by atoms with Crippen LogP contribution in [0.4, 0.5) is 10.1 Å². The molecule has 7 nitrogen and oxygen atoms in total. The van der Waals surface area contributed by atoms with Crippen LogP contribution >= 0.6 is 11.8 Å². The van der Waals surface area contributed by atoms with Gasteiger partial charge in [0.2, 0.25) is 5.91 Å². The van der Waals surface area contributed by atoms with Gasteiger partial charge in [-0.25, -0.2) is 12.8 Å². The van der Waals surface area contributed by atoms with E-state index in [1.54, 1.807) is 23.1 Å². The average Bonchev–Trinajstić information content (AvgIpc) is 3.46. The largest absolute Gasteiger partial charge is 0.308 e. The molecule has 3 aromatic rings. The highest BCUT2D eigenvalue weighted by molar-refractivity contribution is 7.99. The number of para-hydroxylation sites is 1. The van der Waals surface area contributed by atoms with Crippen LogP contribution < -0.4 is 4.90 Å². The number of nitrogens with zero attached hydrogens (tertiary/aromatic N) is 4. The molecule has 2 aromatic carbocycles. The van der Waals surface area contributed by atoms with Crippen molar-refractivity contribution < 1.29 is 17.6 Å². The zero-order chi connectivity index (χ0) is 23.0. The summed E-state index contributed by atoms with van der Waals surface area (Å²) in [4.78, 5) is 14.9. The SMILES string of the molecule is O=C(CSc1nnc(-c2ccccc2F)n1C1CC1)N(c1ccccc1)C1CCS(=O)(=O)C1. The van der Waals surface area contributed by atoms with Gasteiger partial charge in [0.1, 0.15) is 5.82 Å². The number of aromatic nitrogens is 3. The van der Waals surface area contributed by atoms with Gasteiger partial charge >= 0.3 is 0 Å². The van der Waals surface area contributed by atoms with Gasteiger partial charge < -0.3 is 4.90 Å². The average molecular weight is 487 g/mol. The number of carbonyl (C=O) groups excluding carboxylic acids is 1. The molecule has 0 radical (unpaired) electrons. The summed E-state index contributed by atoms with van der Waals surface area (Å²) in [5, 5.41) is 9.06. The summed E-state index contributed by atoms with van der Waals surface area (Å²) in [5.74, 6) is 0.0425. The number of anilines is 1. The van der Waals surface area contributed by atoms with E-state index in [1.165, 1.54) is 17.8 Å². The first kappa shape index (κ1) is 22.1. The Bertz CT molecular complexity index is 1280. The maximum Gasteiger partial charge on any atom is 0.237 e. The van der Waals surface area contributed by atoms with Gasteiger partial charge in [-0.2, -0.15) is 0 Å². The third-order valence-corrected chi connectivity index (χ3v) is 8.57. The van der Waals surface area contributed by atoms with Gasteiger partial charge in [0.05, 0.1) is 28.9 Å². The molecule has 1 saturated carbocycles. The lowest BCUT2D eigenvalue weighted by atomic mass is 10.2. The standard InChI is InChI=1S/C23H23FN4O3S2/c24-20-9-5-4-8-19(20)22-25-26-23(28(22)17-10-11-17)32-14-21(29)27(16-6-2-1-3-7-16)18-12-13-33(30,31)15-18/h1-9,17-18H,10-15H2. The fraction of sp³-hybridized carbons (Fsp3) is 0.348. The van der Waals surface area contributed by atoms with Crippen LogP contribution in [0.25, 0.3) is 11.4 Å². The first-order chi connectivity index (χ1) is 15.9. The Morgan fingerprint density at radius 1 is 1.06 bits per heavy atom. The topological polar surface area (TPSA) is 85.2 Å². The number of benzene rings is 2. The Balaban J connectivity index is 1.39. The van der Waals surface area contributed by atoms with Gasteiger partial charge in [-0.1, -0.05) is 42.1 Å². The molecule has 1 aromatic heterocycles. The number of hydrogen-bond donors (Lipinski definition) is 0. The van der Waals surface area contributed by atoms with Crippen molar-refractivity contribution in [1.82, 2.24) is 14.8 Å². The number of amides is 1. The molecule has 1 saturated heterocycles. The summed E-state index contributed by atoms with van der Waals surface area (Å²) in [7, 11) is -3.15. The summed E-state index contributed by atoms with van der Waals surface area (Å²) in [6.45, 7) is 0. The third-order valence-electron chi connectivity index (χ3n) is 5.89. The normalized spacial score (nSPS) is 19.5. The lowest BCUT2D eigenvalue weighted by molar-refractivity contribution is -0.116. The Kier molecular flexibility index (Phi) is 5.96. The van der Waals surface area contributed by atoms with Crippen LogP contribution in [0, 0.1) is 5.82 Å². The van der Waals surface area contributed by atoms with Crippen LogP contribution in [0.3, 0.4) is 0 Å². The maximum atomic E-state index is 14.4. The van der Waals surface area contributed by atoms with E-state index in [-0.39, 0.29) is 41.1 Å². The minimum atomic E-state index is -3.15. The van der Waals surface area contributed by atoms with E-state index in [0.717, 1.165) is 12.8 Å². The van der Waals surface area contributed by atoms with Crippen molar-refractivity contribution in [3.05, 3.63) is 60.4 Å². The predicted molar refractivity (Wildman–Crippen MR) is 125 cm³/mol. The van der Waals surface area contributed by atoms with Crippen LogP contribution in [0.2, 0.25) is 0 Å². The van der Waals surface area contributed by atoms with Crippen molar-refractivity contribution in [2.24, 2.45) is 0 Å². The molecule has 1 unspecified atom stereocenters. The predicted octanol–water partition coefficient (Wildman–Crippen LogP) is 3.73. The highest BCUT2D eigenvalue weighted by Crippen LogP contribution is 2.41. The molecule has 172 valence electrons. The number of halogens is 1. The lowest BCUT2D eigenvalue weighted by Gasteiger charge is -2.28. The highest BCUT2D eigenvalue weighted by Gasteiger charge is 2.36. The first-order valence-corrected chi connectivity index (χ1v) is 13.6. The summed E-state index contributed by atoms with van der Waals surface area (Å²) < 4.78 is 40.5. The van der Waals surface area contributed by atoms with E-state index in [2.05, 4.69) is 10.2 Å². The molecule has 1 aliphatic heterocycles. The smallest absolute Gasteiger partial charge is 0.237 e. The Labute approximate surface area is 195 Å². The van der Waals surface area contributed by atoms with Gasteiger partial charge in [-0.05, 0) is 43.5 Å². The maximum absolute atomic E-state index is 14.4. The minimum Gasteiger partial charge on any atom is -0.308 e. The molecule has 5 rings (SSSR count). The number of thioether (sulfide) groups is 1. The van der Waals surface area contributed by atoms with Crippen molar-refractivity contribution in [2.45, 2.75) is 36.5 Å². The molecular formula is C23H23FN4O3S2. The van der Waals surface area contributed by atoms with Crippen LogP contribution in [-0.4, -0.2) is 52.4 Å².